The molecule has 1 unspecified atom stereocenters. The number of hydrogen-bond donors (Lipinski definition) is 1. The summed E-state index contributed by atoms with van der Waals surface area (Å²) in [5, 5.41) is 3.03. The molecule has 0 aromatic heterocycles. The molecular formula is C14H21F2NO2. The number of benzene rings is 1. The van der Waals surface area contributed by atoms with Crippen LogP contribution in [0, 0.1) is 11.6 Å². The van der Waals surface area contributed by atoms with Crippen LogP contribution < -0.4 is 5.32 Å². The molecule has 0 amide bonds. The summed E-state index contributed by atoms with van der Waals surface area (Å²) < 4.78 is 37.8. The summed E-state index contributed by atoms with van der Waals surface area (Å²) in [5.74, 6) is -1.65. The third-order valence-corrected chi connectivity index (χ3v) is 2.83. The van der Waals surface area contributed by atoms with Crippen molar-refractivity contribution in [3.05, 3.63) is 35.4 Å². The van der Waals surface area contributed by atoms with Crippen LogP contribution in [-0.2, 0) is 15.9 Å². The highest BCUT2D eigenvalue weighted by Crippen LogP contribution is 2.16. The molecule has 0 aliphatic heterocycles. The number of ether oxygens (including phenoxy) is 2. The minimum Gasteiger partial charge on any atom is -0.351 e. The first-order valence-electron chi connectivity index (χ1n) is 6.47. The summed E-state index contributed by atoms with van der Waals surface area (Å²) in [5.41, 5.74) is 0.309. The van der Waals surface area contributed by atoms with Crippen LogP contribution in [0.2, 0.25) is 0 Å². The lowest BCUT2D eigenvalue weighted by atomic mass is 10.0. The van der Waals surface area contributed by atoms with Gasteiger partial charge < -0.3 is 14.8 Å². The zero-order chi connectivity index (χ0) is 14.3. The van der Waals surface area contributed by atoms with Crippen LogP contribution in [0.25, 0.3) is 0 Å². The highest BCUT2D eigenvalue weighted by molar-refractivity contribution is 5.20. The van der Waals surface area contributed by atoms with E-state index in [0.29, 0.717) is 25.2 Å². The molecule has 5 heteroatoms. The molecule has 0 fully saturated rings. The van der Waals surface area contributed by atoms with Crippen LogP contribution >= 0.6 is 0 Å². The van der Waals surface area contributed by atoms with Crippen molar-refractivity contribution >= 4 is 0 Å². The Hall–Kier alpha value is -1.04. The van der Waals surface area contributed by atoms with Gasteiger partial charge in [-0.1, -0.05) is 12.1 Å². The summed E-state index contributed by atoms with van der Waals surface area (Å²) in [6.07, 6.45) is -0.187. The second kappa shape index (κ2) is 8.19. The fraction of sp³-hybridized carbons (Fsp3) is 0.571. The first-order chi connectivity index (χ1) is 9.13. The standard InChI is InChI=1S/C14H21F2NO2/c1-4-18-14(19-5-2)12(17-3)9-10-7-6-8-11(15)13(10)16/h6-8,12,14,17H,4-5,9H2,1-3H3. The summed E-state index contributed by atoms with van der Waals surface area (Å²) in [4.78, 5) is 0. The molecule has 0 radical (unpaired) electrons. The number of halogens is 2. The Bertz CT molecular complexity index is 382. The van der Waals surface area contributed by atoms with Gasteiger partial charge in [-0.2, -0.15) is 0 Å². The topological polar surface area (TPSA) is 30.5 Å². The van der Waals surface area contributed by atoms with Gasteiger partial charge in [0, 0.05) is 13.2 Å². The molecule has 3 nitrogen and oxygen atoms in total. The van der Waals surface area contributed by atoms with Crippen molar-refractivity contribution in [2.75, 3.05) is 20.3 Å². The molecule has 1 aromatic rings. The van der Waals surface area contributed by atoms with Gasteiger partial charge in [-0.15, -0.1) is 0 Å². The maximum absolute atomic E-state index is 13.6. The Labute approximate surface area is 112 Å². The van der Waals surface area contributed by atoms with Gasteiger partial charge in [-0.05, 0) is 38.9 Å². The van der Waals surface area contributed by atoms with E-state index in [2.05, 4.69) is 5.32 Å². The summed E-state index contributed by atoms with van der Waals surface area (Å²) >= 11 is 0. The molecule has 0 saturated carbocycles. The van der Waals surface area contributed by atoms with Crippen LogP contribution in [0.5, 0.6) is 0 Å². The number of nitrogens with one attached hydrogen (secondary N) is 1. The van der Waals surface area contributed by atoms with Gasteiger partial charge in [0.1, 0.15) is 0 Å². The Kier molecular flexibility index (Phi) is 6.91. The first-order valence-corrected chi connectivity index (χ1v) is 6.47. The van der Waals surface area contributed by atoms with Gasteiger partial charge in [0.25, 0.3) is 0 Å². The van der Waals surface area contributed by atoms with Crippen molar-refractivity contribution in [3.63, 3.8) is 0 Å². The van der Waals surface area contributed by atoms with Crippen molar-refractivity contribution < 1.29 is 18.3 Å². The first kappa shape index (κ1) is 16.0. The quantitative estimate of drug-likeness (QED) is 0.738. The van der Waals surface area contributed by atoms with Crippen LogP contribution in [0.15, 0.2) is 18.2 Å². The van der Waals surface area contributed by atoms with Crippen LogP contribution in [0.4, 0.5) is 8.78 Å². The van der Waals surface area contributed by atoms with E-state index in [4.69, 9.17) is 9.47 Å². The lowest BCUT2D eigenvalue weighted by Gasteiger charge is -2.26. The molecule has 1 aromatic carbocycles. The highest BCUT2D eigenvalue weighted by atomic mass is 19.2. The summed E-state index contributed by atoms with van der Waals surface area (Å²) in [6.45, 7) is 4.71. The Morgan fingerprint density at radius 3 is 2.32 bits per heavy atom. The van der Waals surface area contributed by atoms with E-state index in [1.165, 1.54) is 6.07 Å². The van der Waals surface area contributed by atoms with Crippen molar-refractivity contribution in [1.29, 1.82) is 0 Å². The Morgan fingerprint density at radius 2 is 1.79 bits per heavy atom. The second-order valence-corrected chi connectivity index (χ2v) is 4.09. The van der Waals surface area contributed by atoms with Crippen molar-refractivity contribution in [2.24, 2.45) is 0 Å². The molecule has 0 saturated heterocycles. The lowest BCUT2D eigenvalue weighted by molar-refractivity contribution is -0.152. The number of rotatable bonds is 8. The maximum atomic E-state index is 13.6. The third-order valence-electron chi connectivity index (χ3n) is 2.83. The molecule has 108 valence electrons. The maximum Gasteiger partial charge on any atom is 0.172 e. The molecule has 0 spiro atoms. The fourth-order valence-electron chi connectivity index (χ4n) is 1.89. The van der Waals surface area contributed by atoms with Gasteiger partial charge in [-0.25, -0.2) is 8.78 Å². The normalized spacial score (nSPS) is 12.9. The summed E-state index contributed by atoms with van der Waals surface area (Å²) in [7, 11) is 1.74. The van der Waals surface area contributed by atoms with Crippen molar-refractivity contribution in [1.82, 2.24) is 5.32 Å². The summed E-state index contributed by atoms with van der Waals surface area (Å²) in [6, 6.07) is 3.93. The van der Waals surface area contributed by atoms with E-state index in [1.807, 2.05) is 13.8 Å². The number of likely N-dealkylation sites (N-methyl/N-ethyl adjacent to an activating group) is 1. The Balaban J connectivity index is 2.82. The third kappa shape index (κ3) is 4.53. The smallest absolute Gasteiger partial charge is 0.172 e. The van der Waals surface area contributed by atoms with Gasteiger partial charge in [0.15, 0.2) is 17.9 Å². The molecular weight excluding hydrogens is 252 g/mol. The van der Waals surface area contributed by atoms with Crippen molar-refractivity contribution in [2.45, 2.75) is 32.6 Å². The highest BCUT2D eigenvalue weighted by Gasteiger charge is 2.23. The minimum atomic E-state index is -0.836. The van der Waals surface area contributed by atoms with E-state index in [9.17, 15) is 8.78 Å². The van der Waals surface area contributed by atoms with Crippen LogP contribution in [-0.4, -0.2) is 32.6 Å². The average Bonchev–Trinajstić information content (AvgIpc) is 2.40. The SMILES string of the molecule is CCOC(OCC)C(Cc1cccc(F)c1F)NC. The van der Waals surface area contributed by atoms with E-state index in [1.54, 1.807) is 13.1 Å². The zero-order valence-corrected chi connectivity index (χ0v) is 11.6. The van der Waals surface area contributed by atoms with E-state index in [-0.39, 0.29) is 6.04 Å². The van der Waals surface area contributed by atoms with Gasteiger partial charge in [0.2, 0.25) is 0 Å². The van der Waals surface area contributed by atoms with Crippen LogP contribution in [0.1, 0.15) is 19.4 Å². The number of hydrogen-bond acceptors (Lipinski definition) is 3. The zero-order valence-electron chi connectivity index (χ0n) is 11.6. The van der Waals surface area contributed by atoms with E-state index >= 15 is 0 Å². The van der Waals surface area contributed by atoms with Crippen LogP contribution in [0.3, 0.4) is 0 Å². The molecule has 0 aliphatic carbocycles. The minimum absolute atomic E-state index is 0.240. The average molecular weight is 273 g/mol. The fourth-order valence-corrected chi connectivity index (χ4v) is 1.89. The molecule has 1 rings (SSSR count). The largest absolute Gasteiger partial charge is 0.351 e. The molecule has 0 aliphatic rings. The van der Waals surface area contributed by atoms with Gasteiger partial charge in [-0.3, -0.25) is 0 Å². The predicted octanol–water partition coefficient (Wildman–Crippen LogP) is 2.49. The van der Waals surface area contributed by atoms with Crippen molar-refractivity contribution in [3.8, 4) is 0 Å². The lowest BCUT2D eigenvalue weighted by Crippen LogP contribution is -2.43. The van der Waals surface area contributed by atoms with E-state index < -0.39 is 17.9 Å². The molecule has 0 heterocycles. The van der Waals surface area contributed by atoms with Gasteiger partial charge >= 0.3 is 0 Å². The second-order valence-electron chi connectivity index (χ2n) is 4.09. The molecule has 19 heavy (non-hydrogen) atoms. The predicted molar refractivity (Wildman–Crippen MR) is 69.9 cm³/mol. The monoisotopic (exact) mass is 273 g/mol. The van der Waals surface area contributed by atoms with E-state index in [0.717, 1.165) is 6.07 Å². The molecule has 0 bridgehead atoms. The molecule has 1 atom stereocenters. The van der Waals surface area contributed by atoms with Gasteiger partial charge in [0.05, 0.1) is 6.04 Å². The molecule has 1 N–H and O–H groups in total. The Morgan fingerprint density at radius 1 is 1.16 bits per heavy atom.